The molecular weight excluding hydrogens is 501 g/mol. The first-order valence-corrected chi connectivity index (χ1v) is 10.5. The van der Waals surface area contributed by atoms with Crippen molar-refractivity contribution in [3.8, 4) is 17.4 Å². The zero-order valence-corrected chi connectivity index (χ0v) is 18.9. The molecular formula is C24H18F5N5O3. The van der Waals surface area contributed by atoms with E-state index in [-0.39, 0.29) is 23.3 Å². The first-order chi connectivity index (χ1) is 17.5. The Balaban J connectivity index is 1.61. The Labute approximate surface area is 206 Å². The predicted octanol–water partition coefficient (Wildman–Crippen LogP) is 6.31. The highest BCUT2D eigenvalue weighted by molar-refractivity contribution is 6.08. The number of ether oxygens (including phenoxy) is 2. The van der Waals surface area contributed by atoms with Gasteiger partial charge in [0.05, 0.1) is 18.5 Å². The van der Waals surface area contributed by atoms with Crippen molar-refractivity contribution in [1.29, 1.82) is 0 Å². The molecule has 0 aliphatic carbocycles. The molecule has 0 fully saturated rings. The average Bonchev–Trinajstić information content (AvgIpc) is 2.85. The highest BCUT2D eigenvalue weighted by atomic mass is 19.4. The van der Waals surface area contributed by atoms with Gasteiger partial charge in [-0.1, -0.05) is 24.3 Å². The minimum absolute atomic E-state index is 0.0178. The number of amides is 2. The quantitative estimate of drug-likeness (QED) is 0.258. The first-order valence-electron chi connectivity index (χ1n) is 10.5. The minimum atomic E-state index is -5.82. The molecule has 13 heteroatoms. The van der Waals surface area contributed by atoms with Gasteiger partial charge in [-0.3, -0.25) is 0 Å². The number of hydrogen-bond acceptors (Lipinski definition) is 6. The third-order valence-electron chi connectivity index (χ3n) is 5.16. The van der Waals surface area contributed by atoms with Crippen molar-refractivity contribution in [2.24, 2.45) is 0 Å². The molecule has 4 rings (SSSR count). The van der Waals surface area contributed by atoms with Crippen molar-refractivity contribution in [3.63, 3.8) is 0 Å². The molecule has 4 aromatic rings. The van der Waals surface area contributed by atoms with Crippen LogP contribution in [-0.4, -0.2) is 29.3 Å². The van der Waals surface area contributed by atoms with E-state index >= 15 is 0 Å². The number of hydrogen-bond donors (Lipinski definition) is 3. The number of alkyl halides is 5. The van der Waals surface area contributed by atoms with Gasteiger partial charge in [-0.2, -0.15) is 26.9 Å². The fraction of sp³-hybridized carbons (Fsp3) is 0.125. The summed E-state index contributed by atoms with van der Waals surface area (Å²) in [6.45, 7) is 0. The Morgan fingerprint density at radius 2 is 1.57 bits per heavy atom. The van der Waals surface area contributed by atoms with Gasteiger partial charge in [-0.15, -0.1) is 0 Å². The molecule has 3 aromatic carbocycles. The molecule has 1 aromatic heterocycles. The second-order valence-electron chi connectivity index (χ2n) is 7.58. The lowest BCUT2D eigenvalue weighted by atomic mass is 10.1. The standard InChI is InChI=1S/C24H18F5N5O3/c1-36-19-8-6-13(23(25,26)24(27,28)29)12-17(19)33-22(35)32-16-7-9-18(15-5-3-2-4-14(15)16)37-20-10-11-31-21(30)34-20/h2-12H,1H3,(H2,30,31,34)(H2,32,33,35). The van der Waals surface area contributed by atoms with Crippen LogP contribution in [0.2, 0.25) is 0 Å². The third-order valence-corrected chi connectivity index (χ3v) is 5.16. The van der Waals surface area contributed by atoms with Crippen LogP contribution in [0.4, 0.5) is 44.1 Å². The fourth-order valence-electron chi connectivity index (χ4n) is 3.44. The second-order valence-corrected chi connectivity index (χ2v) is 7.58. The number of rotatable bonds is 6. The van der Waals surface area contributed by atoms with Gasteiger partial charge in [0, 0.05) is 28.6 Å². The molecule has 0 bridgehead atoms. The maximum absolute atomic E-state index is 13.8. The van der Waals surface area contributed by atoms with E-state index in [0.717, 1.165) is 6.07 Å². The van der Waals surface area contributed by atoms with E-state index in [1.165, 1.54) is 25.4 Å². The predicted molar refractivity (Wildman–Crippen MR) is 126 cm³/mol. The number of nitrogen functional groups attached to an aromatic ring is 1. The van der Waals surface area contributed by atoms with E-state index < -0.39 is 23.7 Å². The van der Waals surface area contributed by atoms with Crippen LogP contribution in [0.1, 0.15) is 5.56 Å². The van der Waals surface area contributed by atoms with Gasteiger partial charge in [0.15, 0.2) is 0 Å². The van der Waals surface area contributed by atoms with Crippen LogP contribution in [-0.2, 0) is 5.92 Å². The van der Waals surface area contributed by atoms with E-state index in [4.69, 9.17) is 15.2 Å². The van der Waals surface area contributed by atoms with E-state index in [9.17, 15) is 26.7 Å². The van der Waals surface area contributed by atoms with Gasteiger partial charge < -0.3 is 25.8 Å². The van der Waals surface area contributed by atoms with Crippen molar-refractivity contribution in [2.75, 3.05) is 23.5 Å². The summed E-state index contributed by atoms with van der Waals surface area (Å²) in [7, 11) is 1.18. The van der Waals surface area contributed by atoms with Gasteiger partial charge in [0.25, 0.3) is 0 Å². The molecule has 0 atom stereocenters. The first kappa shape index (κ1) is 25.4. The Kier molecular flexibility index (Phi) is 6.70. The van der Waals surface area contributed by atoms with E-state index in [1.54, 1.807) is 30.3 Å². The number of nitrogens with two attached hydrogens (primary N) is 1. The smallest absolute Gasteiger partial charge is 0.458 e. The Morgan fingerprint density at radius 3 is 2.24 bits per heavy atom. The summed E-state index contributed by atoms with van der Waals surface area (Å²) in [4.78, 5) is 20.5. The van der Waals surface area contributed by atoms with Gasteiger partial charge >= 0.3 is 18.1 Å². The largest absolute Gasteiger partial charge is 0.495 e. The summed E-state index contributed by atoms with van der Waals surface area (Å²) in [5.41, 5.74) is 4.15. The Morgan fingerprint density at radius 1 is 0.892 bits per heavy atom. The average molecular weight is 519 g/mol. The van der Waals surface area contributed by atoms with Crippen LogP contribution in [0.3, 0.4) is 0 Å². The zero-order valence-electron chi connectivity index (χ0n) is 18.9. The van der Waals surface area contributed by atoms with Gasteiger partial charge in [0.2, 0.25) is 11.8 Å². The van der Waals surface area contributed by atoms with Crippen molar-refractivity contribution in [2.45, 2.75) is 12.1 Å². The third kappa shape index (κ3) is 5.29. The molecule has 8 nitrogen and oxygen atoms in total. The van der Waals surface area contributed by atoms with Crippen LogP contribution < -0.4 is 25.8 Å². The molecule has 4 N–H and O–H groups in total. The van der Waals surface area contributed by atoms with Gasteiger partial charge in [-0.25, -0.2) is 9.78 Å². The number of halogens is 5. The molecule has 37 heavy (non-hydrogen) atoms. The zero-order chi connectivity index (χ0) is 26.8. The maximum atomic E-state index is 13.8. The normalized spacial score (nSPS) is 11.7. The van der Waals surface area contributed by atoms with Gasteiger partial charge in [0.1, 0.15) is 11.5 Å². The number of fused-ring (bicyclic) bond motifs is 1. The lowest BCUT2D eigenvalue weighted by Crippen LogP contribution is -2.33. The molecule has 192 valence electrons. The molecule has 1 heterocycles. The summed E-state index contributed by atoms with van der Waals surface area (Å²) in [5, 5.41) is 5.95. The summed E-state index contributed by atoms with van der Waals surface area (Å²) in [5.74, 6) is -4.65. The molecule has 0 spiro atoms. The number of carbonyl (C=O) groups is 1. The van der Waals surface area contributed by atoms with Crippen LogP contribution in [0.5, 0.6) is 17.4 Å². The molecule has 0 radical (unpaired) electrons. The number of aromatic nitrogens is 2. The van der Waals surface area contributed by atoms with Gasteiger partial charge in [-0.05, 0) is 30.3 Å². The van der Waals surface area contributed by atoms with Crippen molar-refractivity contribution >= 4 is 34.1 Å². The van der Waals surface area contributed by atoms with Crippen LogP contribution in [0.15, 0.2) is 66.9 Å². The molecule has 0 aliphatic rings. The number of urea groups is 1. The monoisotopic (exact) mass is 519 g/mol. The highest BCUT2D eigenvalue weighted by Crippen LogP contribution is 2.45. The number of nitrogens with one attached hydrogen (secondary N) is 2. The Bertz CT molecular complexity index is 1460. The lowest BCUT2D eigenvalue weighted by molar-refractivity contribution is -0.289. The van der Waals surface area contributed by atoms with Crippen molar-refractivity contribution in [3.05, 3.63) is 72.4 Å². The summed E-state index contributed by atoms with van der Waals surface area (Å²) < 4.78 is 76.9. The van der Waals surface area contributed by atoms with Crippen molar-refractivity contribution in [1.82, 2.24) is 9.97 Å². The van der Waals surface area contributed by atoms with Crippen molar-refractivity contribution < 1.29 is 36.2 Å². The van der Waals surface area contributed by atoms with E-state index in [2.05, 4.69) is 20.6 Å². The van der Waals surface area contributed by atoms with Crippen LogP contribution in [0.25, 0.3) is 10.8 Å². The SMILES string of the molecule is COc1ccc(C(F)(F)C(F)(F)F)cc1NC(=O)Nc1ccc(Oc2ccnc(N)n2)c2ccccc12. The number of anilines is 3. The van der Waals surface area contributed by atoms with E-state index in [1.807, 2.05) is 0 Å². The highest BCUT2D eigenvalue weighted by Gasteiger charge is 2.58. The Hall–Kier alpha value is -4.68. The summed E-state index contributed by atoms with van der Waals surface area (Å²) >= 11 is 0. The number of methoxy groups -OCH3 is 1. The summed E-state index contributed by atoms with van der Waals surface area (Å²) in [6, 6.07) is 12.5. The fourth-order valence-corrected chi connectivity index (χ4v) is 3.44. The number of carbonyl (C=O) groups excluding carboxylic acids is 1. The molecule has 2 amide bonds. The number of benzene rings is 3. The topological polar surface area (TPSA) is 111 Å². The molecule has 0 aliphatic heterocycles. The lowest BCUT2D eigenvalue weighted by Gasteiger charge is -2.21. The van der Waals surface area contributed by atoms with Crippen LogP contribution >= 0.6 is 0 Å². The second kappa shape index (κ2) is 9.76. The summed E-state index contributed by atoms with van der Waals surface area (Å²) in [6.07, 6.45) is -4.39. The minimum Gasteiger partial charge on any atom is -0.495 e. The maximum Gasteiger partial charge on any atom is 0.458 e. The molecule has 0 unspecified atom stereocenters. The molecule has 0 saturated heterocycles. The number of nitrogens with zero attached hydrogens (tertiary/aromatic N) is 2. The molecule has 0 saturated carbocycles. The van der Waals surface area contributed by atoms with E-state index in [0.29, 0.717) is 34.3 Å². The van der Waals surface area contributed by atoms with Crippen LogP contribution in [0, 0.1) is 0 Å².